The number of hydrogen-bond donors (Lipinski definition) is 1. The number of benzene rings is 3. The van der Waals surface area contributed by atoms with Gasteiger partial charge in [0.2, 0.25) is 0 Å². The molecule has 0 aliphatic carbocycles. The fourth-order valence-electron chi connectivity index (χ4n) is 3.88. The molecule has 0 aromatic heterocycles. The minimum absolute atomic E-state index is 0.0512. The van der Waals surface area contributed by atoms with Crippen molar-refractivity contribution < 1.29 is 19.4 Å². The van der Waals surface area contributed by atoms with Crippen molar-refractivity contribution in [3.8, 4) is 5.75 Å². The highest BCUT2D eigenvalue weighted by Gasteiger charge is 2.47. The van der Waals surface area contributed by atoms with E-state index in [1.807, 2.05) is 31.2 Å². The second-order valence-electron chi connectivity index (χ2n) is 7.47. The first kappa shape index (κ1) is 23.2. The number of aliphatic hydroxyl groups excluding tert-OH is 1. The summed E-state index contributed by atoms with van der Waals surface area (Å²) in [5, 5.41) is 12.1. The van der Waals surface area contributed by atoms with E-state index in [1.54, 1.807) is 24.3 Å². The molecule has 1 atom stereocenters. The van der Waals surface area contributed by atoms with E-state index < -0.39 is 17.7 Å². The van der Waals surface area contributed by atoms with Gasteiger partial charge in [-0.2, -0.15) is 0 Å². The highest BCUT2D eigenvalue weighted by Crippen LogP contribution is 2.44. The Hall–Kier alpha value is -2.99. The van der Waals surface area contributed by atoms with Crippen molar-refractivity contribution >= 4 is 57.9 Å². The van der Waals surface area contributed by atoms with Crippen molar-refractivity contribution in [3.63, 3.8) is 0 Å². The van der Waals surface area contributed by atoms with Crippen molar-refractivity contribution in [2.24, 2.45) is 0 Å². The first-order valence-corrected chi connectivity index (χ1v) is 11.0. The molecule has 1 saturated heterocycles. The van der Waals surface area contributed by atoms with Crippen molar-refractivity contribution in [2.45, 2.75) is 13.0 Å². The molecule has 1 amide bonds. The molecule has 1 heterocycles. The molecule has 3 aromatic rings. The van der Waals surface area contributed by atoms with E-state index in [-0.39, 0.29) is 16.4 Å². The molecule has 1 aliphatic heterocycles. The van der Waals surface area contributed by atoms with E-state index >= 15 is 0 Å². The van der Waals surface area contributed by atoms with Gasteiger partial charge in [0, 0.05) is 11.3 Å². The monoisotopic (exact) mass is 501 g/mol. The molecule has 1 unspecified atom stereocenters. The minimum atomic E-state index is -0.884. The average molecular weight is 503 g/mol. The number of hydrogen-bond acceptors (Lipinski definition) is 4. The van der Waals surface area contributed by atoms with E-state index in [2.05, 4.69) is 0 Å². The van der Waals surface area contributed by atoms with Gasteiger partial charge in [-0.3, -0.25) is 14.5 Å². The van der Waals surface area contributed by atoms with Crippen molar-refractivity contribution in [1.29, 1.82) is 0 Å². The second-order valence-corrected chi connectivity index (χ2v) is 8.70. The van der Waals surface area contributed by atoms with E-state index in [9.17, 15) is 14.7 Å². The van der Waals surface area contributed by atoms with Crippen LogP contribution in [-0.2, 0) is 9.59 Å². The van der Waals surface area contributed by atoms with Crippen LogP contribution in [0.25, 0.3) is 5.76 Å². The quantitative estimate of drug-likeness (QED) is 0.248. The second kappa shape index (κ2) is 9.10. The molecule has 1 fully saturated rings. The standard InChI is InChI=1S/C25H18Cl3NO4/c1-13-5-3-4-6-16(13)22-21(23(30)14-7-9-18(27)20(11-14)33-2)24(31)25(32)29(22)15-8-10-17(26)19(28)12-15/h3-12,22,30H,1-2H3/b23-21+. The third-order valence-corrected chi connectivity index (χ3v) is 6.58. The van der Waals surface area contributed by atoms with Crippen LogP contribution in [0.1, 0.15) is 22.7 Å². The topological polar surface area (TPSA) is 66.8 Å². The van der Waals surface area contributed by atoms with Gasteiger partial charge in [-0.15, -0.1) is 0 Å². The third kappa shape index (κ3) is 4.08. The van der Waals surface area contributed by atoms with Gasteiger partial charge in [-0.05, 0) is 54.4 Å². The maximum absolute atomic E-state index is 13.2. The Morgan fingerprint density at radius 3 is 2.30 bits per heavy atom. The van der Waals surface area contributed by atoms with E-state index in [0.717, 1.165) is 5.56 Å². The number of amides is 1. The summed E-state index contributed by atoms with van der Waals surface area (Å²) in [6.07, 6.45) is 0. The number of rotatable bonds is 4. The molecule has 1 N–H and O–H groups in total. The maximum atomic E-state index is 13.2. The molecule has 0 saturated carbocycles. The Morgan fingerprint density at radius 1 is 0.939 bits per heavy atom. The number of carbonyl (C=O) groups is 2. The Bertz CT molecular complexity index is 1320. The highest BCUT2D eigenvalue weighted by atomic mass is 35.5. The Kier molecular flexibility index (Phi) is 6.39. The summed E-state index contributed by atoms with van der Waals surface area (Å²) in [6, 6.07) is 15.8. The predicted octanol–water partition coefficient (Wildman–Crippen LogP) is 6.59. The summed E-state index contributed by atoms with van der Waals surface area (Å²) in [7, 11) is 1.45. The molecule has 5 nitrogen and oxygen atoms in total. The molecule has 8 heteroatoms. The van der Waals surface area contributed by atoms with Crippen molar-refractivity contribution in [2.75, 3.05) is 12.0 Å². The minimum Gasteiger partial charge on any atom is -0.507 e. The zero-order chi connectivity index (χ0) is 23.9. The zero-order valence-corrected chi connectivity index (χ0v) is 19.9. The van der Waals surface area contributed by atoms with Crippen molar-refractivity contribution in [3.05, 3.63) is 98.0 Å². The molecule has 1 aliphatic rings. The third-order valence-electron chi connectivity index (χ3n) is 5.53. The van der Waals surface area contributed by atoms with Gasteiger partial charge in [0.1, 0.15) is 11.5 Å². The smallest absolute Gasteiger partial charge is 0.300 e. The van der Waals surface area contributed by atoms with Crippen LogP contribution < -0.4 is 9.64 Å². The molecule has 168 valence electrons. The van der Waals surface area contributed by atoms with Gasteiger partial charge in [0.25, 0.3) is 11.7 Å². The molecule has 4 rings (SSSR count). The largest absolute Gasteiger partial charge is 0.507 e. The number of anilines is 1. The molecular weight excluding hydrogens is 485 g/mol. The van der Waals surface area contributed by atoms with Gasteiger partial charge < -0.3 is 9.84 Å². The van der Waals surface area contributed by atoms with Crippen molar-refractivity contribution in [1.82, 2.24) is 0 Å². The summed E-state index contributed by atoms with van der Waals surface area (Å²) in [5.74, 6) is -1.61. The van der Waals surface area contributed by atoms with Crippen LogP contribution in [0, 0.1) is 6.92 Å². The number of nitrogens with zero attached hydrogens (tertiary/aromatic N) is 1. The van der Waals surface area contributed by atoms with E-state index in [0.29, 0.717) is 32.6 Å². The SMILES string of the molecule is COc1cc(/C(O)=C2\C(=O)C(=O)N(c3ccc(Cl)c(Cl)c3)C2c2ccccc2C)ccc1Cl. The number of carbonyl (C=O) groups excluding carboxylic acids is 2. The van der Waals surface area contributed by atoms with Crippen LogP contribution in [0.4, 0.5) is 5.69 Å². The highest BCUT2D eigenvalue weighted by molar-refractivity contribution is 6.52. The summed E-state index contributed by atoms with van der Waals surface area (Å²) in [5.41, 5.74) is 2.15. The summed E-state index contributed by atoms with van der Waals surface area (Å²) >= 11 is 18.4. The van der Waals surface area contributed by atoms with Crippen LogP contribution in [0.5, 0.6) is 5.75 Å². The van der Waals surface area contributed by atoms with E-state index in [4.69, 9.17) is 39.5 Å². The fraction of sp³-hybridized carbons (Fsp3) is 0.120. The first-order chi connectivity index (χ1) is 15.7. The lowest BCUT2D eigenvalue weighted by molar-refractivity contribution is -0.132. The lowest BCUT2D eigenvalue weighted by Gasteiger charge is -2.27. The Morgan fingerprint density at radius 2 is 1.64 bits per heavy atom. The van der Waals surface area contributed by atoms with Gasteiger partial charge >= 0.3 is 0 Å². The van der Waals surface area contributed by atoms with Gasteiger partial charge in [0.05, 0.1) is 33.8 Å². The Labute approximate surface area is 205 Å². The van der Waals surface area contributed by atoms with Crippen LogP contribution in [0.2, 0.25) is 15.1 Å². The van der Waals surface area contributed by atoms with Crippen LogP contribution in [0.15, 0.2) is 66.2 Å². The molecule has 0 spiro atoms. The van der Waals surface area contributed by atoms with Crippen LogP contribution in [0.3, 0.4) is 0 Å². The lowest BCUT2D eigenvalue weighted by atomic mass is 9.92. The summed E-state index contributed by atoms with van der Waals surface area (Å²) in [6.45, 7) is 1.87. The maximum Gasteiger partial charge on any atom is 0.300 e. The zero-order valence-electron chi connectivity index (χ0n) is 17.6. The number of ether oxygens (including phenoxy) is 1. The number of ketones is 1. The van der Waals surface area contributed by atoms with Crippen LogP contribution >= 0.6 is 34.8 Å². The average Bonchev–Trinajstić information content (AvgIpc) is 3.06. The van der Waals surface area contributed by atoms with E-state index in [1.165, 1.54) is 24.1 Å². The lowest BCUT2D eigenvalue weighted by Crippen LogP contribution is -2.29. The number of methoxy groups -OCH3 is 1. The Balaban J connectivity index is 1.98. The summed E-state index contributed by atoms with van der Waals surface area (Å²) < 4.78 is 5.24. The predicted molar refractivity (Wildman–Crippen MR) is 130 cm³/mol. The summed E-state index contributed by atoms with van der Waals surface area (Å²) in [4.78, 5) is 27.8. The first-order valence-electron chi connectivity index (χ1n) is 9.90. The molecule has 0 radical (unpaired) electrons. The molecule has 0 bridgehead atoms. The normalized spacial score (nSPS) is 17.5. The number of halogens is 3. The molecule has 3 aromatic carbocycles. The van der Waals surface area contributed by atoms with Gasteiger partial charge in [-0.1, -0.05) is 59.1 Å². The van der Waals surface area contributed by atoms with Crippen LogP contribution in [-0.4, -0.2) is 23.9 Å². The fourth-order valence-corrected chi connectivity index (χ4v) is 4.37. The molecular formula is C25H18Cl3NO4. The number of aliphatic hydroxyl groups is 1. The van der Waals surface area contributed by atoms with Gasteiger partial charge in [-0.25, -0.2) is 0 Å². The molecule has 33 heavy (non-hydrogen) atoms. The number of Topliss-reactive ketones (excluding diaryl/α,β-unsaturated/α-hetero) is 1. The van der Waals surface area contributed by atoms with Gasteiger partial charge in [0.15, 0.2) is 0 Å². The number of aryl methyl sites for hydroxylation is 1.